The second kappa shape index (κ2) is 11.0. The number of aromatic hydroxyl groups is 1. The Hall–Kier alpha value is -3.18. The summed E-state index contributed by atoms with van der Waals surface area (Å²) in [6.07, 6.45) is -2.09. The normalized spacial score (nSPS) is 14.9. The number of aliphatic carboxylic acids is 2. The van der Waals surface area contributed by atoms with Gasteiger partial charge in [0.15, 0.2) is 6.04 Å². The molecule has 0 aliphatic heterocycles. The van der Waals surface area contributed by atoms with Crippen molar-refractivity contribution in [2.24, 2.45) is 5.73 Å². The van der Waals surface area contributed by atoms with Crippen LogP contribution in [0, 0.1) is 0 Å². The fourth-order valence-corrected chi connectivity index (χ4v) is 2.44. The SMILES string of the molecule is C[C@@H](O)[C@H](NC(=O)[C@H](CCC(=O)O)NC(=O)[C@@H](N)Cc1ccc(O)cc1)C(=O)O. The van der Waals surface area contributed by atoms with Crippen LogP contribution in [0.4, 0.5) is 0 Å². The van der Waals surface area contributed by atoms with Crippen molar-refractivity contribution in [3.05, 3.63) is 29.8 Å². The van der Waals surface area contributed by atoms with Crippen molar-refractivity contribution in [3.63, 3.8) is 0 Å². The van der Waals surface area contributed by atoms with Crippen molar-refractivity contribution in [1.29, 1.82) is 0 Å². The van der Waals surface area contributed by atoms with Crippen LogP contribution in [-0.2, 0) is 25.6 Å². The Morgan fingerprint density at radius 3 is 2.10 bits per heavy atom. The van der Waals surface area contributed by atoms with E-state index in [9.17, 15) is 29.4 Å². The van der Waals surface area contributed by atoms with E-state index in [1.54, 1.807) is 12.1 Å². The molecule has 0 spiro atoms. The van der Waals surface area contributed by atoms with Crippen molar-refractivity contribution in [2.45, 2.75) is 50.4 Å². The highest BCUT2D eigenvalue weighted by Gasteiger charge is 2.30. The molecule has 0 radical (unpaired) electrons. The first-order chi connectivity index (χ1) is 13.5. The zero-order valence-electron chi connectivity index (χ0n) is 15.7. The molecule has 11 nitrogen and oxygen atoms in total. The van der Waals surface area contributed by atoms with Gasteiger partial charge in [-0.25, -0.2) is 4.79 Å². The van der Waals surface area contributed by atoms with E-state index in [1.165, 1.54) is 12.1 Å². The van der Waals surface area contributed by atoms with E-state index < -0.39 is 54.4 Å². The second-order valence-electron chi connectivity index (χ2n) is 6.54. The summed E-state index contributed by atoms with van der Waals surface area (Å²) in [4.78, 5) is 46.7. The Morgan fingerprint density at radius 1 is 1.03 bits per heavy atom. The first-order valence-electron chi connectivity index (χ1n) is 8.78. The summed E-state index contributed by atoms with van der Waals surface area (Å²) in [6.45, 7) is 1.16. The number of benzene rings is 1. The summed E-state index contributed by atoms with van der Waals surface area (Å²) in [5, 5.41) is 41.0. The summed E-state index contributed by atoms with van der Waals surface area (Å²) in [5.74, 6) is -4.35. The van der Waals surface area contributed by atoms with Crippen LogP contribution in [0.25, 0.3) is 0 Å². The second-order valence-corrected chi connectivity index (χ2v) is 6.54. The van der Waals surface area contributed by atoms with Gasteiger partial charge in [0.25, 0.3) is 0 Å². The Labute approximate surface area is 166 Å². The molecule has 1 rings (SSSR count). The molecule has 0 aliphatic carbocycles. The lowest BCUT2D eigenvalue weighted by atomic mass is 10.0. The van der Waals surface area contributed by atoms with Crippen LogP contribution in [0.1, 0.15) is 25.3 Å². The highest BCUT2D eigenvalue weighted by Crippen LogP contribution is 2.11. The lowest BCUT2D eigenvalue weighted by molar-refractivity contribution is -0.145. The molecule has 1 aromatic rings. The van der Waals surface area contributed by atoms with Crippen molar-refractivity contribution in [1.82, 2.24) is 10.6 Å². The van der Waals surface area contributed by atoms with Gasteiger partial charge in [-0.15, -0.1) is 0 Å². The summed E-state index contributed by atoms with van der Waals surface area (Å²) in [6, 6.07) is 1.92. The molecule has 4 atom stereocenters. The van der Waals surface area contributed by atoms with Gasteiger partial charge < -0.3 is 36.8 Å². The lowest BCUT2D eigenvalue weighted by Gasteiger charge is -2.23. The van der Waals surface area contributed by atoms with Gasteiger partial charge in [-0.2, -0.15) is 0 Å². The molecule has 8 N–H and O–H groups in total. The number of phenolic OH excluding ortho intramolecular Hbond substituents is 1. The zero-order chi connectivity index (χ0) is 22.1. The maximum atomic E-state index is 12.4. The number of carbonyl (C=O) groups excluding carboxylic acids is 2. The van der Waals surface area contributed by atoms with Crippen molar-refractivity contribution >= 4 is 23.8 Å². The van der Waals surface area contributed by atoms with E-state index in [0.717, 1.165) is 6.92 Å². The minimum Gasteiger partial charge on any atom is -0.508 e. The Balaban J connectivity index is 2.83. The predicted molar refractivity (Wildman–Crippen MR) is 99.8 cm³/mol. The van der Waals surface area contributed by atoms with Gasteiger partial charge in [0.2, 0.25) is 11.8 Å². The van der Waals surface area contributed by atoms with Crippen LogP contribution in [0.5, 0.6) is 5.75 Å². The summed E-state index contributed by atoms with van der Waals surface area (Å²) in [7, 11) is 0. The number of rotatable bonds is 11. The minimum atomic E-state index is -1.63. The predicted octanol–water partition coefficient (Wildman–Crippen LogP) is -1.44. The Bertz CT molecular complexity index is 735. The molecule has 0 saturated carbocycles. The van der Waals surface area contributed by atoms with Crippen LogP contribution in [-0.4, -0.2) is 68.4 Å². The van der Waals surface area contributed by atoms with Gasteiger partial charge >= 0.3 is 11.9 Å². The van der Waals surface area contributed by atoms with Gasteiger partial charge in [0, 0.05) is 6.42 Å². The van der Waals surface area contributed by atoms with E-state index in [4.69, 9.17) is 15.9 Å². The van der Waals surface area contributed by atoms with E-state index in [0.29, 0.717) is 5.56 Å². The molecule has 160 valence electrons. The molecule has 29 heavy (non-hydrogen) atoms. The number of carbonyl (C=O) groups is 4. The lowest BCUT2D eigenvalue weighted by Crippen LogP contribution is -2.56. The maximum Gasteiger partial charge on any atom is 0.328 e. The van der Waals surface area contributed by atoms with Gasteiger partial charge in [0.05, 0.1) is 12.1 Å². The summed E-state index contributed by atoms with van der Waals surface area (Å²) < 4.78 is 0. The molecule has 0 unspecified atom stereocenters. The number of carboxylic acid groups (broad SMARTS) is 2. The first kappa shape index (κ1) is 23.9. The molecule has 0 heterocycles. The molecule has 11 heteroatoms. The van der Waals surface area contributed by atoms with Gasteiger partial charge in [-0.3, -0.25) is 14.4 Å². The summed E-state index contributed by atoms with van der Waals surface area (Å²) in [5.41, 5.74) is 6.48. The minimum absolute atomic E-state index is 0.0447. The monoisotopic (exact) mass is 411 g/mol. The van der Waals surface area contributed by atoms with Crippen molar-refractivity contribution in [2.75, 3.05) is 0 Å². The molecular weight excluding hydrogens is 386 g/mol. The van der Waals surface area contributed by atoms with Crippen LogP contribution >= 0.6 is 0 Å². The number of aliphatic hydroxyl groups is 1. The van der Waals surface area contributed by atoms with Crippen LogP contribution in [0.15, 0.2) is 24.3 Å². The topological polar surface area (TPSA) is 199 Å². The molecule has 0 aliphatic rings. The first-order valence-corrected chi connectivity index (χ1v) is 8.78. The average Bonchev–Trinajstić information content (AvgIpc) is 2.63. The number of phenols is 1. The molecule has 2 amide bonds. The number of nitrogens with two attached hydrogens (primary N) is 1. The van der Waals surface area contributed by atoms with Crippen LogP contribution in [0.3, 0.4) is 0 Å². The molecule has 0 fully saturated rings. The van der Waals surface area contributed by atoms with E-state index in [2.05, 4.69) is 10.6 Å². The molecule has 0 bridgehead atoms. The van der Waals surface area contributed by atoms with E-state index in [1.807, 2.05) is 0 Å². The van der Waals surface area contributed by atoms with Crippen LogP contribution < -0.4 is 16.4 Å². The van der Waals surface area contributed by atoms with Crippen molar-refractivity contribution in [3.8, 4) is 5.75 Å². The van der Waals surface area contributed by atoms with Crippen molar-refractivity contribution < 1.29 is 39.6 Å². The standard InChI is InChI=1S/C18H25N3O8/c1-9(22)15(18(28)29)21-17(27)13(6-7-14(24)25)20-16(26)12(19)8-10-2-4-11(23)5-3-10/h2-5,9,12-13,15,22-23H,6-8,19H2,1H3,(H,20,26)(H,21,27)(H,24,25)(H,28,29)/t9-,12+,13+,15+/m1/s1. The molecular formula is C18H25N3O8. The molecule has 0 aromatic heterocycles. The average molecular weight is 411 g/mol. The number of nitrogens with one attached hydrogen (secondary N) is 2. The fourth-order valence-electron chi connectivity index (χ4n) is 2.44. The number of amides is 2. The van der Waals surface area contributed by atoms with Gasteiger partial charge in [0.1, 0.15) is 11.8 Å². The van der Waals surface area contributed by atoms with E-state index in [-0.39, 0.29) is 18.6 Å². The Kier molecular flexibility index (Phi) is 9.03. The fraction of sp³-hybridized carbons (Fsp3) is 0.444. The smallest absolute Gasteiger partial charge is 0.328 e. The largest absolute Gasteiger partial charge is 0.508 e. The highest BCUT2D eigenvalue weighted by atomic mass is 16.4. The Morgan fingerprint density at radius 2 is 1.62 bits per heavy atom. The third kappa shape index (κ3) is 8.15. The zero-order valence-corrected chi connectivity index (χ0v) is 15.7. The molecule has 0 saturated heterocycles. The summed E-state index contributed by atoms with van der Waals surface area (Å²) >= 11 is 0. The van der Waals surface area contributed by atoms with Gasteiger partial charge in [-0.1, -0.05) is 12.1 Å². The number of aliphatic hydroxyl groups excluding tert-OH is 1. The highest BCUT2D eigenvalue weighted by molar-refractivity contribution is 5.92. The number of hydrogen-bond acceptors (Lipinski definition) is 7. The third-order valence-electron chi connectivity index (χ3n) is 4.05. The van der Waals surface area contributed by atoms with Crippen LogP contribution in [0.2, 0.25) is 0 Å². The van der Waals surface area contributed by atoms with Gasteiger partial charge in [-0.05, 0) is 37.5 Å². The molecule has 1 aromatic carbocycles. The third-order valence-corrected chi connectivity index (χ3v) is 4.05. The quantitative estimate of drug-likeness (QED) is 0.228. The maximum absolute atomic E-state index is 12.4. The number of hydrogen-bond donors (Lipinski definition) is 7. The van der Waals surface area contributed by atoms with E-state index >= 15 is 0 Å². The number of carboxylic acids is 2.